The van der Waals surface area contributed by atoms with E-state index in [1.54, 1.807) is 12.1 Å². The van der Waals surface area contributed by atoms with Crippen LogP contribution >= 0.6 is 50.7 Å². The Bertz CT molecular complexity index is 1020. The van der Waals surface area contributed by atoms with Crippen molar-refractivity contribution in [1.29, 1.82) is 0 Å². The van der Waals surface area contributed by atoms with Crippen molar-refractivity contribution >= 4 is 61.5 Å². The Balaban J connectivity index is 2.27. The van der Waals surface area contributed by atoms with Gasteiger partial charge in [0.05, 0.1) is 22.5 Å². The van der Waals surface area contributed by atoms with E-state index in [0.717, 1.165) is 23.0 Å². The fourth-order valence-corrected chi connectivity index (χ4v) is 4.68. The quantitative estimate of drug-likeness (QED) is 0.290. The zero-order valence-corrected chi connectivity index (χ0v) is 17.9. The molecule has 0 spiro atoms. The second-order valence-electron chi connectivity index (χ2n) is 5.34. The molecule has 0 saturated heterocycles. The molecule has 2 aromatic heterocycles. The molecule has 0 aliphatic rings. The molecule has 0 fully saturated rings. The van der Waals surface area contributed by atoms with Gasteiger partial charge >= 0.3 is 10.1 Å². The Morgan fingerprint density at radius 1 is 1.11 bits per heavy atom. The van der Waals surface area contributed by atoms with Crippen LogP contribution in [0.2, 0.25) is 5.02 Å². The van der Waals surface area contributed by atoms with Gasteiger partial charge < -0.3 is 4.57 Å². The molecule has 28 heavy (non-hydrogen) atoms. The van der Waals surface area contributed by atoms with Crippen LogP contribution in [0.4, 0.5) is 17.6 Å². The van der Waals surface area contributed by atoms with Crippen molar-refractivity contribution in [1.82, 2.24) is 14.3 Å². The lowest BCUT2D eigenvalue weighted by Gasteiger charge is -2.16. The molecule has 4 nitrogen and oxygen atoms in total. The molecule has 0 aliphatic carbocycles. The molecule has 0 aliphatic heterocycles. The van der Waals surface area contributed by atoms with E-state index in [-0.39, 0.29) is 25.9 Å². The number of aromatic nitrogens is 3. The van der Waals surface area contributed by atoms with Crippen LogP contribution < -0.4 is 0 Å². The summed E-state index contributed by atoms with van der Waals surface area (Å²) in [6, 6.07) is 4.79. The van der Waals surface area contributed by atoms with Crippen LogP contribution in [0.15, 0.2) is 52.2 Å². The van der Waals surface area contributed by atoms with E-state index >= 15 is 0 Å². The monoisotopic (exact) mass is 537 g/mol. The third-order valence-corrected chi connectivity index (χ3v) is 6.37. The predicted molar refractivity (Wildman–Crippen MR) is 103 cm³/mol. The van der Waals surface area contributed by atoms with E-state index in [2.05, 4.69) is 21.0 Å². The maximum Gasteiger partial charge on any atom is 0.416 e. The fraction of sp³-hybridized carbons (Fsp3) is 0.133. The van der Waals surface area contributed by atoms with E-state index < -0.39 is 26.5 Å². The van der Waals surface area contributed by atoms with Crippen molar-refractivity contribution in [2.24, 2.45) is 0 Å². The Morgan fingerprint density at radius 3 is 2.21 bits per heavy atom. The first-order valence-corrected chi connectivity index (χ1v) is 10.3. The Labute approximate surface area is 181 Å². The van der Waals surface area contributed by atoms with E-state index in [0.29, 0.717) is 0 Å². The summed E-state index contributed by atoms with van der Waals surface area (Å²) in [5.41, 5.74) is -0.953. The topological polar surface area (TPSA) is 39.8 Å². The molecule has 1 unspecified atom stereocenters. The standard InChI is InChI=1S/C15H7BrCl3F4N3OS/c16-9-5-8(14(20,21)22)6-10(17)12(9)26-13(25-3-1-2-4-25)11(7-24-26)28(27)15(18,19)23/h1-7H. The normalized spacial score (nSPS) is 13.7. The molecule has 0 N–H and O–H groups in total. The molecule has 0 radical (unpaired) electrons. The lowest BCUT2D eigenvalue weighted by Crippen LogP contribution is -2.16. The van der Waals surface area contributed by atoms with Crippen LogP contribution in [0.5, 0.6) is 0 Å². The number of hydrogen-bond acceptors (Lipinski definition) is 2. The fourth-order valence-electron chi connectivity index (χ4n) is 2.39. The Hall–Kier alpha value is -1.07. The van der Waals surface area contributed by atoms with Gasteiger partial charge in [-0.2, -0.15) is 22.7 Å². The van der Waals surface area contributed by atoms with E-state index in [1.807, 2.05) is 0 Å². The highest BCUT2D eigenvalue weighted by Crippen LogP contribution is 2.40. The average molecular weight is 540 g/mol. The highest BCUT2D eigenvalue weighted by Gasteiger charge is 2.37. The van der Waals surface area contributed by atoms with Gasteiger partial charge in [-0.25, -0.2) is 8.89 Å². The van der Waals surface area contributed by atoms with Gasteiger partial charge in [0.15, 0.2) is 5.82 Å². The largest absolute Gasteiger partial charge is 0.416 e. The molecule has 150 valence electrons. The zero-order valence-electron chi connectivity index (χ0n) is 13.2. The third-order valence-electron chi connectivity index (χ3n) is 3.53. The molecule has 13 heteroatoms. The summed E-state index contributed by atoms with van der Waals surface area (Å²) >= 11 is 19.8. The van der Waals surface area contributed by atoms with Crippen molar-refractivity contribution in [2.45, 2.75) is 15.0 Å². The molecule has 2 heterocycles. The molecule has 1 atom stereocenters. The number of alkyl halides is 6. The smallest absolute Gasteiger partial charge is 0.308 e. The minimum Gasteiger partial charge on any atom is -0.308 e. The molecule has 0 saturated carbocycles. The van der Waals surface area contributed by atoms with Gasteiger partial charge in [-0.1, -0.05) is 34.8 Å². The zero-order chi connectivity index (χ0) is 20.9. The van der Waals surface area contributed by atoms with Crippen molar-refractivity contribution < 1.29 is 21.8 Å². The SMILES string of the molecule is O=S(c1cnn(-c2c(Cl)cc(C(F)(F)F)cc2Br)c1-n1cccc1)C(F)(Cl)Cl. The molecule has 0 amide bonds. The van der Waals surface area contributed by atoms with Gasteiger partial charge in [-0.3, -0.25) is 0 Å². The van der Waals surface area contributed by atoms with Crippen molar-refractivity contribution in [3.05, 3.63) is 57.9 Å². The van der Waals surface area contributed by atoms with E-state index in [4.69, 9.17) is 34.8 Å². The van der Waals surface area contributed by atoms with Crippen LogP contribution in [0.1, 0.15) is 5.56 Å². The number of hydrogen-bond donors (Lipinski definition) is 0. The summed E-state index contributed by atoms with van der Waals surface area (Å²) in [6.45, 7) is 0. The maximum atomic E-state index is 13.9. The summed E-state index contributed by atoms with van der Waals surface area (Å²) in [7, 11) is -2.56. The summed E-state index contributed by atoms with van der Waals surface area (Å²) in [4.78, 5) is -0.188. The third kappa shape index (κ3) is 4.11. The lowest BCUT2D eigenvalue weighted by atomic mass is 10.2. The Morgan fingerprint density at radius 2 is 1.71 bits per heavy atom. The van der Waals surface area contributed by atoms with Crippen LogP contribution in [-0.4, -0.2) is 22.5 Å². The van der Waals surface area contributed by atoms with Gasteiger partial charge in [-0.15, -0.1) is 0 Å². The summed E-state index contributed by atoms with van der Waals surface area (Å²) in [6.07, 6.45) is -0.508. The van der Waals surface area contributed by atoms with Crippen LogP contribution in [0, 0.1) is 0 Å². The van der Waals surface area contributed by atoms with Gasteiger partial charge in [-0.05, 0) is 40.2 Å². The second-order valence-corrected chi connectivity index (χ2v) is 9.82. The minimum atomic E-state index is -4.62. The van der Waals surface area contributed by atoms with Crippen molar-refractivity contribution in [2.75, 3.05) is 0 Å². The number of benzene rings is 1. The van der Waals surface area contributed by atoms with Crippen LogP contribution in [0.3, 0.4) is 0 Å². The molecular weight excluding hydrogens is 533 g/mol. The summed E-state index contributed by atoms with van der Waals surface area (Å²) < 4.78 is 64.7. The van der Waals surface area contributed by atoms with E-state index in [9.17, 15) is 21.8 Å². The van der Waals surface area contributed by atoms with Crippen molar-refractivity contribution in [3.63, 3.8) is 0 Å². The predicted octanol–water partition coefficient (Wildman–Crippen LogP) is 6.26. The molecule has 3 aromatic rings. The van der Waals surface area contributed by atoms with Crippen LogP contribution in [-0.2, 0) is 17.0 Å². The summed E-state index contributed by atoms with van der Waals surface area (Å²) in [5, 5.41) is 3.72. The first kappa shape index (κ1) is 21.6. The first-order chi connectivity index (χ1) is 12.9. The number of rotatable bonds is 4. The van der Waals surface area contributed by atoms with Crippen molar-refractivity contribution in [3.8, 4) is 11.5 Å². The van der Waals surface area contributed by atoms with E-state index in [1.165, 1.54) is 17.0 Å². The Kier molecular flexibility index (Phi) is 5.90. The number of nitrogens with zero attached hydrogens (tertiary/aromatic N) is 3. The van der Waals surface area contributed by atoms with Crippen LogP contribution in [0.25, 0.3) is 11.5 Å². The average Bonchev–Trinajstić information content (AvgIpc) is 3.20. The second kappa shape index (κ2) is 7.64. The van der Waals surface area contributed by atoms with Gasteiger partial charge in [0.25, 0.3) is 0 Å². The highest BCUT2D eigenvalue weighted by atomic mass is 79.9. The summed E-state index contributed by atoms with van der Waals surface area (Å²) in [5.74, 6) is 0.0361. The molecule has 3 rings (SSSR count). The molecular formula is C15H7BrCl3F4N3OS. The molecule has 0 bridgehead atoms. The molecule has 1 aromatic carbocycles. The van der Waals surface area contributed by atoms with Gasteiger partial charge in [0.2, 0.25) is 0 Å². The van der Waals surface area contributed by atoms with Gasteiger partial charge in [0, 0.05) is 16.9 Å². The first-order valence-electron chi connectivity index (χ1n) is 7.18. The minimum absolute atomic E-state index is 0.0234. The highest BCUT2D eigenvalue weighted by molar-refractivity contribution is 9.10. The maximum absolute atomic E-state index is 13.9. The van der Waals surface area contributed by atoms with Gasteiger partial charge in [0.1, 0.15) is 15.7 Å². The number of halogens is 8. The lowest BCUT2D eigenvalue weighted by molar-refractivity contribution is -0.137.